The number of methoxy groups -OCH3 is 1. The Morgan fingerprint density at radius 2 is 2.20 bits per heavy atom. The summed E-state index contributed by atoms with van der Waals surface area (Å²) in [5, 5.41) is 5.80. The lowest BCUT2D eigenvalue weighted by molar-refractivity contribution is 0.236. The van der Waals surface area contributed by atoms with Gasteiger partial charge in [0.2, 0.25) is 5.89 Å². The number of oxazole rings is 1. The van der Waals surface area contributed by atoms with Gasteiger partial charge >= 0.3 is 6.03 Å². The lowest BCUT2D eigenvalue weighted by Gasteiger charge is -2.21. The van der Waals surface area contributed by atoms with Crippen LogP contribution in [0.5, 0.6) is 5.75 Å². The van der Waals surface area contributed by atoms with Gasteiger partial charge < -0.3 is 24.7 Å². The first kappa shape index (κ1) is 17.1. The van der Waals surface area contributed by atoms with E-state index in [-0.39, 0.29) is 18.6 Å². The van der Waals surface area contributed by atoms with Gasteiger partial charge in [0.1, 0.15) is 11.5 Å². The molecule has 0 saturated carbocycles. The van der Waals surface area contributed by atoms with E-state index in [1.165, 1.54) is 0 Å². The lowest BCUT2D eigenvalue weighted by Crippen LogP contribution is -2.43. The topological polar surface area (TPSA) is 79.6 Å². The molecule has 3 rings (SSSR count). The molecule has 134 valence electrons. The van der Waals surface area contributed by atoms with Crippen molar-refractivity contribution in [2.24, 2.45) is 0 Å². The summed E-state index contributed by atoms with van der Waals surface area (Å²) >= 11 is 0. The summed E-state index contributed by atoms with van der Waals surface area (Å²) in [5.74, 6) is 2.15. The summed E-state index contributed by atoms with van der Waals surface area (Å²) < 4.78 is 10.9. The van der Waals surface area contributed by atoms with Crippen LogP contribution in [-0.2, 0) is 6.54 Å². The molecule has 2 heterocycles. The number of nitrogens with zero attached hydrogens (tertiary/aromatic N) is 2. The van der Waals surface area contributed by atoms with Crippen molar-refractivity contribution in [3.05, 3.63) is 41.6 Å². The third-order valence-electron chi connectivity index (χ3n) is 4.42. The van der Waals surface area contributed by atoms with Crippen LogP contribution in [0.15, 0.2) is 28.7 Å². The highest BCUT2D eigenvalue weighted by atomic mass is 16.5. The number of benzene rings is 1. The van der Waals surface area contributed by atoms with E-state index >= 15 is 0 Å². The molecule has 0 radical (unpaired) electrons. The molecule has 0 bridgehead atoms. The van der Waals surface area contributed by atoms with Gasteiger partial charge in [-0.15, -0.1) is 0 Å². The SMILES string of the molecule is COc1ccccc1N1CC[C@H](NC(=O)NCc2nc(C)c(C)o2)C1. The number of para-hydroxylation sites is 2. The summed E-state index contributed by atoms with van der Waals surface area (Å²) in [5.41, 5.74) is 1.90. The number of aromatic nitrogens is 1. The summed E-state index contributed by atoms with van der Waals surface area (Å²) in [7, 11) is 1.67. The highest BCUT2D eigenvalue weighted by Gasteiger charge is 2.25. The van der Waals surface area contributed by atoms with Crippen LogP contribution in [0.1, 0.15) is 23.8 Å². The number of amides is 2. The van der Waals surface area contributed by atoms with Gasteiger partial charge in [-0.25, -0.2) is 9.78 Å². The van der Waals surface area contributed by atoms with E-state index in [1.807, 2.05) is 38.1 Å². The van der Waals surface area contributed by atoms with E-state index in [9.17, 15) is 4.79 Å². The van der Waals surface area contributed by atoms with Crippen molar-refractivity contribution >= 4 is 11.7 Å². The Labute approximate surface area is 147 Å². The molecule has 0 aliphatic carbocycles. The first-order valence-corrected chi connectivity index (χ1v) is 8.42. The van der Waals surface area contributed by atoms with Gasteiger partial charge in [0.05, 0.1) is 25.0 Å². The normalized spacial score (nSPS) is 16.8. The molecule has 2 amide bonds. The zero-order chi connectivity index (χ0) is 17.8. The van der Waals surface area contributed by atoms with Gasteiger partial charge in [0.15, 0.2) is 0 Å². The van der Waals surface area contributed by atoms with Gasteiger partial charge in [0, 0.05) is 19.1 Å². The Balaban J connectivity index is 1.50. The smallest absolute Gasteiger partial charge is 0.315 e. The molecule has 1 atom stereocenters. The van der Waals surface area contributed by atoms with E-state index < -0.39 is 0 Å². The minimum atomic E-state index is -0.208. The van der Waals surface area contributed by atoms with Crippen molar-refractivity contribution in [1.29, 1.82) is 0 Å². The highest BCUT2D eigenvalue weighted by Crippen LogP contribution is 2.30. The number of urea groups is 1. The molecule has 1 aliphatic rings. The Morgan fingerprint density at radius 3 is 2.92 bits per heavy atom. The number of hydrogen-bond acceptors (Lipinski definition) is 5. The van der Waals surface area contributed by atoms with Crippen molar-refractivity contribution in [1.82, 2.24) is 15.6 Å². The van der Waals surface area contributed by atoms with Crippen LogP contribution in [-0.4, -0.2) is 37.3 Å². The van der Waals surface area contributed by atoms with Crippen LogP contribution in [0.2, 0.25) is 0 Å². The Hall–Kier alpha value is -2.70. The van der Waals surface area contributed by atoms with Crippen molar-refractivity contribution in [2.75, 3.05) is 25.1 Å². The Kier molecular flexibility index (Phi) is 5.11. The molecular formula is C18H24N4O3. The maximum Gasteiger partial charge on any atom is 0.315 e. The number of carbonyl (C=O) groups excluding carboxylic acids is 1. The van der Waals surface area contributed by atoms with Gasteiger partial charge in [-0.1, -0.05) is 12.1 Å². The number of ether oxygens (including phenoxy) is 1. The van der Waals surface area contributed by atoms with Crippen LogP contribution in [0.3, 0.4) is 0 Å². The molecule has 1 fully saturated rings. The van der Waals surface area contributed by atoms with Crippen LogP contribution >= 0.6 is 0 Å². The second kappa shape index (κ2) is 7.46. The quantitative estimate of drug-likeness (QED) is 0.870. The molecule has 1 aromatic carbocycles. The number of hydrogen-bond donors (Lipinski definition) is 2. The first-order chi connectivity index (χ1) is 12.1. The molecule has 2 N–H and O–H groups in total. The number of carbonyl (C=O) groups is 1. The van der Waals surface area contributed by atoms with Gasteiger partial charge in [0.25, 0.3) is 0 Å². The molecule has 1 aliphatic heterocycles. The van der Waals surface area contributed by atoms with E-state index in [0.29, 0.717) is 5.89 Å². The molecule has 1 aromatic heterocycles. The lowest BCUT2D eigenvalue weighted by atomic mass is 10.2. The minimum absolute atomic E-state index is 0.0953. The fraction of sp³-hybridized carbons (Fsp3) is 0.444. The molecular weight excluding hydrogens is 320 g/mol. The Morgan fingerprint density at radius 1 is 1.40 bits per heavy atom. The van der Waals surface area contributed by atoms with Gasteiger partial charge in [-0.05, 0) is 32.4 Å². The third kappa shape index (κ3) is 4.04. The number of rotatable bonds is 5. The van der Waals surface area contributed by atoms with E-state index in [4.69, 9.17) is 9.15 Å². The summed E-state index contributed by atoms with van der Waals surface area (Å²) in [6.45, 7) is 5.65. The third-order valence-corrected chi connectivity index (χ3v) is 4.42. The van der Waals surface area contributed by atoms with E-state index in [2.05, 4.69) is 20.5 Å². The first-order valence-electron chi connectivity index (χ1n) is 8.42. The molecule has 2 aromatic rings. The number of aryl methyl sites for hydroxylation is 2. The maximum absolute atomic E-state index is 12.1. The molecule has 7 heteroatoms. The second-order valence-electron chi connectivity index (χ2n) is 6.18. The minimum Gasteiger partial charge on any atom is -0.495 e. The van der Waals surface area contributed by atoms with Crippen molar-refractivity contribution in [2.45, 2.75) is 32.9 Å². The highest BCUT2D eigenvalue weighted by molar-refractivity contribution is 5.74. The number of anilines is 1. The fourth-order valence-electron chi connectivity index (χ4n) is 3.00. The van der Waals surface area contributed by atoms with Crippen LogP contribution in [0.25, 0.3) is 0 Å². The van der Waals surface area contributed by atoms with E-state index in [0.717, 1.165) is 42.4 Å². The monoisotopic (exact) mass is 344 g/mol. The Bertz CT molecular complexity index is 724. The zero-order valence-corrected chi connectivity index (χ0v) is 14.8. The van der Waals surface area contributed by atoms with Crippen molar-refractivity contribution in [3.8, 4) is 5.75 Å². The largest absolute Gasteiger partial charge is 0.495 e. The summed E-state index contributed by atoms with van der Waals surface area (Å²) in [4.78, 5) is 18.6. The number of nitrogens with one attached hydrogen (secondary N) is 2. The molecule has 25 heavy (non-hydrogen) atoms. The van der Waals surface area contributed by atoms with Crippen molar-refractivity contribution < 1.29 is 13.9 Å². The predicted octanol–water partition coefficient (Wildman–Crippen LogP) is 2.38. The summed E-state index contributed by atoms with van der Waals surface area (Å²) in [6, 6.07) is 7.81. The van der Waals surface area contributed by atoms with Gasteiger partial charge in [-0.3, -0.25) is 0 Å². The second-order valence-corrected chi connectivity index (χ2v) is 6.18. The average Bonchev–Trinajstić information content (AvgIpc) is 3.20. The standard InChI is InChI=1S/C18H24N4O3/c1-12-13(2)25-17(20-12)10-19-18(23)21-14-8-9-22(11-14)15-6-4-5-7-16(15)24-3/h4-7,14H,8-11H2,1-3H3,(H2,19,21,23)/t14-/m0/s1. The van der Waals surface area contributed by atoms with Crippen LogP contribution < -0.4 is 20.3 Å². The average molecular weight is 344 g/mol. The zero-order valence-electron chi connectivity index (χ0n) is 14.8. The molecule has 0 unspecified atom stereocenters. The van der Waals surface area contributed by atoms with Gasteiger partial charge in [-0.2, -0.15) is 0 Å². The molecule has 0 spiro atoms. The molecule has 7 nitrogen and oxygen atoms in total. The predicted molar refractivity (Wildman–Crippen MR) is 95.0 cm³/mol. The maximum atomic E-state index is 12.1. The van der Waals surface area contributed by atoms with Crippen LogP contribution in [0.4, 0.5) is 10.5 Å². The summed E-state index contributed by atoms with van der Waals surface area (Å²) in [6.07, 6.45) is 0.892. The van der Waals surface area contributed by atoms with E-state index in [1.54, 1.807) is 7.11 Å². The van der Waals surface area contributed by atoms with Crippen LogP contribution in [0, 0.1) is 13.8 Å². The fourth-order valence-corrected chi connectivity index (χ4v) is 3.00. The molecule has 1 saturated heterocycles. The van der Waals surface area contributed by atoms with Crippen molar-refractivity contribution in [3.63, 3.8) is 0 Å².